The van der Waals surface area contributed by atoms with E-state index in [1.807, 2.05) is 12.1 Å². The Kier molecular flexibility index (Phi) is 2.12. The summed E-state index contributed by atoms with van der Waals surface area (Å²) < 4.78 is 0.890. The van der Waals surface area contributed by atoms with Gasteiger partial charge in [0.25, 0.3) is 0 Å². The molecule has 1 aliphatic rings. The van der Waals surface area contributed by atoms with Gasteiger partial charge in [-0.1, -0.05) is 0 Å². The standard InChI is InChI=1S/C10H10BrNO/c11-9-4-7-3-8(13)2-1-6(7)5-10(9)12/h4-5H,1-3,12H2. The number of ketones is 1. The number of hydrogen-bond donors (Lipinski definition) is 1. The molecule has 68 valence electrons. The van der Waals surface area contributed by atoms with Gasteiger partial charge in [-0.25, -0.2) is 0 Å². The molecule has 0 aliphatic heterocycles. The Morgan fingerprint density at radius 2 is 2.00 bits per heavy atom. The van der Waals surface area contributed by atoms with Crippen LogP contribution in [0, 0.1) is 0 Å². The van der Waals surface area contributed by atoms with Crippen LogP contribution in [0.5, 0.6) is 0 Å². The number of benzene rings is 1. The predicted molar refractivity (Wildman–Crippen MR) is 55.6 cm³/mol. The average molecular weight is 240 g/mol. The zero-order valence-electron chi connectivity index (χ0n) is 7.14. The summed E-state index contributed by atoms with van der Waals surface area (Å²) in [6, 6.07) is 3.92. The summed E-state index contributed by atoms with van der Waals surface area (Å²) >= 11 is 3.36. The quantitative estimate of drug-likeness (QED) is 0.705. The predicted octanol–water partition coefficient (Wildman–Crippen LogP) is 2.09. The number of anilines is 1. The van der Waals surface area contributed by atoms with Gasteiger partial charge in [0, 0.05) is 23.0 Å². The lowest BCUT2D eigenvalue weighted by Crippen LogP contribution is -2.13. The Hall–Kier alpha value is -0.830. The smallest absolute Gasteiger partial charge is 0.137 e. The number of rotatable bonds is 0. The maximum atomic E-state index is 11.2. The van der Waals surface area contributed by atoms with Crippen molar-refractivity contribution in [3.63, 3.8) is 0 Å². The number of hydrogen-bond acceptors (Lipinski definition) is 2. The Labute approximate surface area is 85.3 Å². The largest absolute Gasteiger partial charge is 0.398 e. The molecule has 2 N–H and O–H groups in total. The van der Waals surface area contributed by atoms with E-state index in [0.717, 1.165) is 22.1 Å². The van der Waals surface area contributed by atoms with E-state index in [1.165, 1.54) is 5.56 Å². The molecule has 0 heterocycles. The molecule has 0 fully saturated rings. The van der Waals surface area contributed by atoms with Crippen LogP contribution >= 0.6 is 15.9 Å². The highest BCUT2D eigenvalue weighted by atomic mass is 79.9. The van der Waals surface area contributed by atoms with Gasteiger partial charge in [-0.2, -0.15) is 0 Å². The van der Waals surface area contributed by atoms with Crippen LogP contribution in [0.3, 0.4) is 0 Å². The Morgan fingerprint density at radius 1 is 1.23 bits per heavy atom. The van der Waals surface area contributed by atoms with Gasteiger partial charge in [-0.15, -0.1) is 0 Å². The second-order valence-corrected chi connectivity index (χ2v) is 4.21. The molecule has 1 aliphatic carbocycles. The van der Waals surface area contributed by atoms with Crippen LogP contribution in [0.15, 0.2) is 16.6 Å². The van der Waals surface area contributed by atoms with E-state index in [0.29, 0.717) is 18.6 Å². The highest BCUT2D eigenvalue weighted by Gasteiger charge is 2.16. The van der Waals surface area contributed by atoms with Crippen molar-refractivity contribution in [2.75, 3.05) is 5.73 Å². The fourth-order valence-corrected chi connectivity index (χ4v) is 2.04. The Balaban J connectivity index is 2.49. The molecule has 2 rings (SSSR count). The fraction of sp³-hybridized carbons (Fsp3) is 0.300. The summed E-state index contributed by atoms with van der Waals surface area (Å²) in [5, 5.41) is 0. The van der Waals surface area contributed by atoms with Crippen molar-refractivity contribution in [2.24, 2.45) is 0 Å². The molecule has 1 aromatic rings. The zero-order valence-corrected chi connectivity index (χ0v) is 8.73. The zero-order chi connectivity index (χ0) is 9.42. The molecule has 3 heteroatoms. The second-order valence-electron chi connectivity index (χ2n) is 3.36. The minimum Gasteiger partial charge on any atom is -0.398 e. The number of Topliss-reactive ketones (excluding diaryl/α,β-unsaturated/α-hetero) is 1. The summed E-state index contributed by atoms with van der Waals surface area (Å²) in [6.45, 7) is 0. The highest BCUT2D eigenvalue weighted by molar-refractivity contribution is 9.10. The van der Waals surface area contributed by atoms with Crippen molar-refractivity contribution >= 4 is 27.4 Å². The maximum absolute atomic E-state index is 11.2. The third-order valence-corrected chi connectivity index (χ3v) is 3.07. The molecule has 0 bridgehead atoms. The van der Waals surface area contributed by atoms with Gasteiger partial charge in [0.05, 0.1) is 0 Å². The van der Waals surface area contributed by atoms with Crippen LogP contribution in [0.4, 0.5) is 5.69 Å². The third-order valence-electron chi connectivity index (χ3n) is 2.38. The van der Waals surface area contributed by atoms with Crippen LogP contribution in [0.25, 0.3) is 0 Å². The summed E-state index contributed by atoms with van der Waals surface area (Å²) in [4.78, 5) is 11.2. The second kappa shape index (κ2) is 3.14. The molecule has 13 heavy (non-hydrogen) atoms. The molecule has 0 radical (unpaired) electrons. The summed E-state index contributed by atoms with van der Waals surface area (Å²) in [6.07, 6.45) is 2.06. The number of fused-ring (bicyclic) bond motifs is 1. The summed E-state index contributed by atoms with van der Waals surface area (Å²) in [5.74, 6) is 0.323. The van der Waals surface area contributed by atoms with Crippen LogP contribution in [0.1, 0.15) is 17.5 Å². The van der Waals surface area contributed by atoms with Crippen LogP contribution < -0.4 is 5.73 Å². The molecule has 2 nitrogen and oxygen atoms in total. The number of carbonyl (C=O) groups is 1. The van der Waals surface area contributed by atoms with Crippen molar-refractivity contribution in [3.8, 4) is 0 Å². The average Bonchev–Trinajstić information content (AvgIpc) is 2.08. The molecular formula is C10H10BrNO. The van der Waals surface area contributed by atoms with E-state index in [9.17, 15) is 4.79 Å². The summed E-state index contributed by atoms with van der Waals surface area (Å²) in [5.41, 5.74) is 8.85. The van der Waals surface area contributed by atoms with Gasteiger partial charge in [0.2, 0.25) is 0 Å². The molecule has 0 saturated heterocycles. The lowest BCUT2D eigenvalue weighted by atomic mass is 9.90. The van der Waals surface area contributed by atoms with E-state index >= 15 is 0 Å². The van der Waals surface area contributed by atoms with E-state index < -0.39 is 0 Å². The van der Waals surface area contributed by atoms with Crippen LogP contribution in [-0.2, 0) is 17.6 Å². The van der Waals surface area contributed by atoms with Gasteiger partial charge in [0.15, 0.2) is 0 Å². The minimum atomic E-state index is 0.323. The molecular weight excluding hydrogens is 230 g/mol. The lowest BCUT2D eigenvalue weighted by Gasteiger charge is -2.15. The van der Waals surface area contributed by atoms with E-state index in [4.69, 9.17) is 5.73 Å². The molecule has 0 unspecified atom stereocenters. The number of halogens is 1. The highest BCUT2D eigenvalue weighted by Crippen LogP contribution is 2.28. The minimum absolute atomic E-state index is 0.323. The normalized spacial score (nSPS) is 15.6. The van der Waals surface area contributed by atoms with Gasteiger partial charge >= 0.3 is 0 Å². The van der Waals surface area contributed by atoms with Crippen molar-refractivity contribution in [1.82, 2.24) is 0 Å². The molecule has 0 atom stereocenters. The first-order valence-electron chi connectivity index (χ1n) is 4.25. The SMILES string of the molecule is Nc1cc2c(cc1Br)CC(=O)CC2. The van der Waals surface area contributed by atoms with Crippen molar-refractivity contribution in [3.05, 3.63) is 27.7 Å². The van der Waals surface area contributed by atoms with E-state index in [2.05, 4.69) is 15.9 Å². The van der Waals surface area contributed by atoms with Gasteiger partial charge in [-0.05, 0) is 45.6 Å². The lowest BCUT2D eigenvalue weighted by molar-refractivity contribution is -0.118. The van der Waals surface area contributed by atoms with Crippen molar-refractivity contribution in [2.45, 2.75) is 19.3 Å². The number of aryl methyl sites for hydroxylation is 1. The Bertz CT molecular complexity index is 373. The molecule has 0 amide bonds. The Morgan fingerprint density at radius 3 is 2.77 bits per heavy atom. The van der Waals surface area contributed by atoms with Gasteiger partial charge < -0.3 is 5.73 Å². The molecule has 0 spiro atoms. The molecule has 0 saturated carbocycles. The first kappa shape index (κ1) is 8.75. The summed E-state index contributed by atoms with van der Waals surface area (Å²) in [7, 11) is 0. The van der Waals surface area contributed by atoms with Crippen LogP contribution in [0.2, 0.25) is 0 Å². The number of carbonyl (C=O) groups excluding carboxylic acids is 1. The number of nitrogen functional groups attached to an aromatic ring is 1. The van der Waals surface area contributed by atoms with Crippen LogP contribution in [-0.4, -0.2) is 5.78 Å². The molecule has 0 aromatic heterocycles. The first-order valence-corrected chi connectivity index (χ1v) is 5.04. The van der Waals surface area contributed by atoms with E-state index in [1.54, 1.807) is 0 Å². The maximum Gasteiger partial charge on any atom is 0.137 e. The van der Waals surface area contributed by atoms with Gasteiger partial charge in [-0.3, -0.25) is 4.79 Å². The van der Waals surface area contributed by atoms with Crippen molar-refractivity contribution in [1.29, 1.82) is 0 Å². The number of nitrogens with two attached hydrogens (primary N) is 1. The monoisotopic (exact) mass is 239 g/mol. The van der Waals surface area contributed by atoms with Gasteiger partial charge in [0.1, 0.15) is 5.78 Å². The first-order chi connectivity index (χ1) is 6.16. The fourth-order valence-electron chi connectivity index (χ4n) is 1.65. The van der Waals surface area contributed by atoms with E-state index in [-0.39, 0.29) is 0 Å². The van der Waals surface area contributed by atoms with Crippen molar-refractivity contribution < 1.29 is 4.79 Å². The topological polar surface area (TPSA) is 43.1 Å². The third kappa shape index (κ3) is 1.61. The molecule has 1 aromatic carbocycles.